The fourth-order valence-electron chi connectivity index (χ4n) is 3.17. The number of benzene rings is 2. The lowest BCUT2D eigenvalue weighted by Gasteiger charge is -2.39. The molecule has 1 fully saturated rings. The Morgan fingerprint density at radius 3 is 2.67 bits per heavy atom. The van der Waals surface area contributed by atoms with Crippen molar-refractivity contribution in [3.05, 3.63) is 54.6 Å². The van der Waals surface area contributed by atoms with Gasteiger partial charge in [0, 0.05) is 19.1 Å². The summed E-state index contributed by atoms with van der Waals surface area (Å²) in [6.07, 6.45) is 0. The van der Waals surface area contributed by atoms with Gasteiger partial charge in [0.25, 0.3) is 0 Å². The van der Waals surface area contributed by atoms with Gasteiger partial charge >= 0.3 is 6.03 Å². The van der Waals surface area contributed by atoms with Gasteiger partial charge in [-0.1, -0.05) is 30.3 Å². The third-order valence-electron chi connectivity index (χ3n) is 4.71. The lowest BCUT2D eigenvalue weighted by atomic mass is 10.1. The number of ether oxygens (including phenoxy) is 1. The number of nitrogens with one attached hydrogen (secondary N) is 2. The monoisotopic (exact) mass is 365 g/mol. The molecule has 2 aromatic carbocycles. The summed E-state index contributed by atoms with van der Waals surface area (Å²) in [4.78, 5) is 19.6. The van der Waals surface area contributed by atoms with E-state index in [-0.39, 0.29) is 6.03 Å². The molecular weight excluding hydrogens is 342 g/mol. The minimum Gasteiger partial charge on any atom is -0.492 e. The number of hydrogen-bond donors (Lipinski definition) is 2. The summed E-state index contributed by atoms with van der Waals surface area (Å²) < 4.78 is 7.30. The molecule has 7 nitrogen and oxygen atoms in total. The highest BCUT2D eigenvalue weighted by atomic mass is 16.5. The van der Waals surface area contributed by atoms with Crippen LogP contribution in [0, 0.1) is 0 Å². The first-order valence-corrected chi connectivity index (χ1v) is 9.12. The van der Waals surface area contributed by atoms with Crippen molar-refractivity contribution in [2.75, 3.05) is 38.2 Å². The van der Waals surface area contributed by atoms with Crippen molar-refractivity contribution in [1.82, 2.24) is 20.2 Å². The normalized spacial score (nSPS) is 14.2. The fraction of sp³-hybridized carbons (Fsp3) is 0.300. The van der Waals surface area contributed by atoms with Crippen LogP contribution in [0.1, 0.15) is 0 Å². The number of amides is 1. The molecule has 140 valence electrons. The Hall–Kier alpha value is -3.06. The third-order valence-corrected chi connectivity index (χ3v) is 4.71. The Bertz CT molecular complexity index is 919. The van der Waals surface area contributed by atoms with Crippen molar-refractivity contribution >= 4 is 23.0 Å². The van der Waals surface area contributed by atoms with E-state index >= 15 is 0 Å². The predicted octanol–water partition coefficient (Wildman–Crippen LogP) is 2.08. The molecule has 1 saturated heterocycles. The van der Waals surface area contributed by atoms with E-state index in [1.54, 1.807) is 4.57 Å². The molecule has 0 saturated carbocycles. The molecule has 2 N–H and O–H groups in total. The number of aromatic nitrogens is 2. The van der Waals surface area contributed by atoms with Gasteiger partial charge < -0.3 is 20.3 Å². The van der Waals surface area contributed by atoms with Gasteiger partial charge in [-0.25, -0.2) is 14.3 Å². The Balaban J connectivity index is 1.45. The van der Waals surface area contributed by atoms with Crippen molar-refractivity contribution in [1.29, 1.82) is 0 Å². The summed E-state index contributed by atoms with van der Waals surface area (Å²) in [6.45, 7) is 2.50. The Morgan fingerprint density at radius 1 is 1.15 bits per heavy atom. The molecular formula is C20H23N5O2. The van der Waals surface area contributed by atoms with E-state index in [1.807, 2.05) is 61.6 Å². The lowest BCUT2D eigenvalue weighted by molar-refractivity contribution is 0.238. The molecule has 7 heteroatoms. The van der Waals surface area contributed by atoms with Crippen molar-refractivity contribution in [2.45, 2.75) is 6.04 Å². The smallest absolute Gasteiger partial charge is 0.329 e. The summed E-state index contributed by atoms with van der Waals surface area (Å²) in [5, 5.41) is 6.18. The fourth-order valence-corrected chi connectivity index (χ4v) is 3.17. The molecule has 1 aliphatic heterocycles. The highest BCUT2D eigenvalue weighted by molar-refractivity contribution is 5.93. The van der Waals surface area contributed by atoms with Gasteiger partial charge in [-0.15, -0.1) is 0 Å². The maximum Gasteiger partial charge on any atom is 0.329 e. The molecule has 0 aliphatic carbocycles. The Kier molecular flexibility index (Phi) is 4.93. The minimum atomic E-state index is -0.191. The first-order chi connectivity index (χ1) is 13.3. The maximum atomic E-state index is 12.9. The Morgan fingerprint density at radius 2 is 1.89 bits per heavy atom. The SMILES string of the molecule is CNC1CN(c2nc3ccccc3n2C(=O)NCCOc2ccccc2)C1. The van der Waals surface area contributed by atoms with Crippen LogP contribution in [0.5, 0.6) is 5.75 Å². The van der Waals surface area contributed by atoms with Crippen LogP contribution in [0.4, 0.5) is 10.7 Å². The summed E-state index contributed by atoms with van der Waals surface area (Å²) in [6, 6.07) is 17.5. The van der Waals surface area contributed by atoms with Gasteiger partial charge in [0.2, 0.25) is 5.95 Å². The standard InChI is InChI=1S/C20H23N5O2/c1-21-15-13-24(14-15)19-23-17-9-5-6-10-18(17)25(19)20(26)22-11-12-27-16-7-3-2-4-8-16/h2-10,15,21H,11-14H2,1H3,(H,22,26). The first kappa shape index (κ1) is 17.4. The second kappa shape index (κ2) is 7.67. The summed E-state index contributed by atoms with van der Waals surface area (Å²) >= 11 is 0. The number of carbonyl (C=O) groups is 1. The van der Waals surface area contributed by atoms with E-state index in [4.69, 9.17) is 4.74 Å². The quantitative estimate of drug-likeness (QED) is 0.655. The second-order valence-electron chi connectivity index (χ2n) is 6.52. The third kappa shape index (κ3) is 3.59. The molecule has 0 spiro atoms. The van der Waals surface area contributed by atoms with Crippen LogP contribution in [0.3, 0.4) is 0 Å². The van der Waals surface area contributed by atoms with Crippen molar-refractivity contribution in [2.24, 2.45) is 0 Å². The number of para-hydroxylation sites is 3. The number of carbonyl (C=O) groups excluding carboxylic acids is 1. The van der Waals surface area contributed by atoms with Gasteiger partial charge in [-0.2, -0.15) is 0 Å². The number of rotatable bonds is 6. The summed E-state index contributed by atoms with van der Waals surface area (Å²) in [5.74, 6) is 1.48. The average molecular weight is 365 g/mol. The van der Waals surface area contributed by atoms with Crippen LogP contribution in [0.15, 0.2) is 54.6 Å². The number of imidazole rings is 1. The molecule has 1 aromatic heterocycles. The number of anilines is 1. The summed E-state index contributed by atoms with van der Waals surface area (Å²) in [5.41, 5.74) is 1.62. The van der Waals surface area contributed by atoms with Gasteiger partial charge in [-0.05, 0) is 31.3 Å². The lowest BCUT2D eigenvalue weighted by Crippen LogP contribution is -2.58. The molecule has 4 rings (SSSR count). The van der Waals surface area contributed by atoms with Gasteiger partial charge in [0.1, 0.15) is 12.4 Å². The average Bonchev–Trinajstić information content (AvgIpc) is 3.04. The second-order valence-corrected chi connectivity index (χ2v) is 6.52. The molecule has 1 aliphatic rings. The van der Waals surface area contributed by atoms with E-state index in [0.29, 0.717) is 25.1 Å². The van der Waals surface area contributed by atoms with Gasteiger partial charge in [0.15, 0.2) is 0 Å². The van der Waals surface area contributed by atoms with Crippen LogP contribution in [-0.4, -0.2) is 54.9 Å². The van der Waals surface area contributed by atoms with Crippen molar-refractivity contribution in [3.8, 4) is 5.75 Å². The highest BCUT2D eigenvalue weighted by Crippen LogP contribution is 2.25. The van der Waals surface area contributed by atoms with E-state index in [0.717, 1.165) is 29.9 Å². The molecule has 27 heavy (non-hydrogen) atoms. The molecule has 0 unspecified atom stereocenters. The molecule has 0 radical (unpaired) electrons. The van der Waals surface area contributed by atoms with Crippen LogP contribution in [0.25, 0.3) is 11.0 Å². The Labute approximate surface area is 157 Å². The minimum absolute atomic E-state index is 0.191. The van der Waals surface area contributed by atoms with Crippen molar-refractivity contribution < 1.29 is 9.53 Å². The van der Waals surface area contributed by atoms with Crippen LogP contribution in [-0.2, 0) is 0 Å². The topological polar surface area (TPSA) is 71.4 Å². The molecule has 0 atom stereocenters. The van der Waals surface area contributed by atoms with E-state index < -0.39 is 0 Å². The van der Waals surface area contributed by atoms with Gasteiger partial charge in [0.05, 0.1) is 17.6 Å². The van der Waals surface area contributed by atoms with Gasteiger partial charge in [-0.3, -0.25) is 0 Å². The molecule has 0 bridgehead atoms. The van der Waals surface area contributed by atoms with E-state index in [9.17, 15) is 4.79 Å². The number of likely N-dealkylation sites (N-methyl/N-ethyl adjacent to an activating group) is 1. The number of nitrogens with zero attached hydrogens (tertiary/aromatic N) is 3. The molecule has 2 heterocycles. The largest absolute Gasteiger partial charge is 0.492 e. The number of hydrogen-bond acceptors (Lipinski definition) is 5. The molecule has 3 aromatic rings. The predicted molar refractivity (Wildman–Crippen MR) is 106 cm³/mol. The zero-order chi connectivity index (χ0) is 18.6. The molecule has 1 amide bonds. The summed E-state index contributed by atoms with van der Waals surface area (Å²) in [7, 11) is 1.95. The zero-order valence-electron chi connectivity index (χ0n) is 15.3. The zero-order valence-corrected chi connectivity index (χ0v) is 15.3. The first-order valence-electron chi connectivity index (χ1n) is 9.12. The van der Waals surface area contributed by atoms with E-state index in [2.05, 4.69) is 20.5 Å². The highest BCUT2D eigenvalue weighted by Gasteiger charge is 2.31. The van der Waals surface area contributed by atoms with Crippen molar-refractivity contribution in [3.63, 3.8) is 0 Å². The van der Waals surface area contributed by atoms with Crippen LogP contribution >= 0.6 is 0 Å². The van der Waals surface area contributed by atoms with Crippen LogP contribution < -0.4 is 20.3 Å². The number of fused-ring (bicyclic) bond motifs is 1. The maximum absolute atomic E-state index is 12.9. The van der Waals surface area contributed by atoms with E-state index in [1.165, 1.54) is 0 Å². The van der Waals surface area contributed by atoms with Crippen LogP contribution in [0.2, 0.25) is 0 Å².